The Bertz CT molecular complexity index is 429. The first-order chi connectivity index (χ1) is 8.75. The van der Waals surface area contributed by atoms with Crippen molar-refractivity contribution in [2.24, 2.45) is 23.5 Å². The van der Waals surface area contributed by atoms with Gasteiger partial charge in [-0.25, -0.2) is 0 Å². The van der Waals surface area contributed by atoms with E-state index in [0.717, 1.165) is 18.4 Å². The molecule has 4 atom stereocenters. The molecule has 1 aromatic rings. The van der Waals surface area contributed by atoms with E-state index in [4.69, 9.17) is 10.5 Å². The summed E-state index contributed by atoms with van der Waals surface area (Å²) in [5.74, 6) is 0.851. The molecule has 0 unspecified atom stereocenters. The second-order valence-corrected chi connectivity index (χ2v) is 5.53. The van der Waals surface area contributed by atoms with Crippen molar-refractivity contribution in [3.8, 4) is 0 Å². The maximum Gasteiger partial charge on any atom is 0.311 e. The van der Waals surface area contributed by atoms with Gasteiger partial charge < -0.3 is 10.5 Å². The zero-order valence-electron chi connectivity index (χ0n) is 10.4. The van der Waals surface area contributed by atoms with Crippen molar-refractivity contribution in [3.05, 3.63) is 35.9 Å². The molecule has 2 saturated carbocycles. The van der Waals surface area contributed by atoms with Crippen LogP contribution in [0, 0.1) is 17.8 Å². The number of nitrogens with two attached hydrogens (primary N) is 1. The van der Waals surface area contributed by atoms with Gasteiger partial charge in [0.2, 0.25) is 0 Å². The number of ether oxygens (including phenoxy) is 1. The van der Waals surface area contributed by atoms with E-state index in [9.17, 15) is 4.79 Å². The molecule has 0 spiro atoms. The van der Waals surface area contributed by atoms with Crippen LogP contribution in [0.25, 0.3) is 0 Å². The summed E-state index contributed by atoms with van der Waals surface area (Å²) in [5, 5.41) is 0. The Labute approximate surface area is 107 Å². The van der Waals surface area contributed by atoms with E-state index in [1.165, 1.54) is 6.42 Å². The first kappa shape index (κ1) is 11.7. The van der Waals surface area contributed by atoms with Gasteiger partial charge in [0.1, 0.15) is 6.61 Å². The number of benzene rings is 1. The van der Waals surface area contributed by atoms with Crippen LogP contribution in [0.3, 0.4) is 0 Å². The van der Waals surface area contributed by atoms with E-state index in [-0.39, 0.29) is 17.9 Å². The molecule has 3 rings (SSSR count). The topological polar surface area (TPSA) is 52.3 Å². The van der Waals surface area contributed by atoms with Crippen molar-refractivity contribution >= 4 is 5.97 Å². The summed E-state index contributed by atoms with van der Waals surface area (Å²) < 4.78 is 5.42. The highest BCUT2D eigenvalue weighted by Crippen LogP contribution is 2.48. The molecular weight excluding hydrogens is 226 g/mol. The molecule has 3 nitrogen and oxygen atoms in total. The summed E-state index contributed by atoms with van der Waals surface area (Å²) in [6.07, 6.45) is 3.45. The fourth-order valence-electron chi connectivity index (χ4n) is 3.51. The predicted molar refractivity (Wildman–Crippen MR) is 68.5 cm³/mol. The lowest BCUT2D eigenvalue weighted by Gasteiger charge is -2.26. The van der Waals surface area contributed by atoms with E-state index in [0.29, 0.717) is 18.4 Å². The summed E-state index contributed by atoms with van der Waals surface area (Å²) in [6.45, 7) is 0.361. The third kappa shape index (κ3) is 2.03. The van der Waals surface area contributed by atoms with Gasteiger partial charge in [-0.05, 0) is 36.7 Å². The minimum Gasteiger partial charge on any atom is -0.461 e. The maximum atomic E-state index is 12.1. The fraction of sp³-hybridized carbons (Fsp3) is 0.533. The monoisotopic (exact) mass is 245 g/mol. The lowest BCUT2D eigenvalue weighted by atomic mass is 9.85. The highest BCUT2D eigenvalue weighted by atomic mass is 16.5. The number of fused-ring (bicyclic) bond motifs is 2. The molecule has 0 heterocycles. The van der Waals surface area contributed by atoms with Gasteiger partial charge in [0.15, 0.2) is 0 Å². The number of rotatable bonds is 3. The van der Waals surface area contributed by atoms with Crippen LogP contribution >= 0.6 is 0 Å². The van der Waals surface area contributed by atoms with Crippen molar-refractivity contribution in [2.75, 3.05) is 0 Å². The Morgan fingerprint density at radius 3 is 2.61 bits per heavy atom. The zero-order valence-corrected chi connectivity index (χ0v) is 10.4. The predicted octanol–water partition coefficient (Wildman–Crippen LogP) is 2.10. The molecule has 2 aliphatic rings. The van der Waals surface area contributed by atoms with E-state index in [1.807, 2.05) is 30.3 Å². The molecule has 1 aromatic carbocycles. The van der Waals surface area contributed by atoms with E-state index < -0.39 is 0 Å². The Morgan fingerprint density at radius 1 is 1.22 bits per heavy atom. The average Bonchev–Trinajstić information content (AvgIpc) is 2.98. The standard InChI is InChI=1S/C15H19NO2/c16-14-12-7-6-11(8-12)13(14)15(17)18-9-10-4-2-1-3-5-10/h1-5,11-14H,6-9,16H2/t11-,12+,13-,14+/m1/s1. The molecule has 0 aliphatic heterocycles. The Kier molecular flexibility index (Phi) is 3.08. The summed E-state index contributed by atoms with van der Waals surface area (Å²) in [7, 11) is 0. The van der Waals surface area contributed by atoms with Gasteiger partial charge in [0.05, 0.1) is 5.92 Å². The van der Waals surface area contributed by atoms with Gasteiger partial charge in [0, 0.05) is 6.04 Å². The molecule has 0 amide bonds. The van der Waals surface area contributed by atoms with Crippen LogP contribution in [0.5, 0.6) is 0 Å². The normalized spacial score (nSPS) is 33.6. The van der Waals surface area contributed by atoms with E-state index >= 15 is 0 Å². The minimum absolute atomic E-state index is 0.0204. The minimum atomic E-state index is -0.0986. The zero-order chi connectivity index (χ0) is 12.5. The van der Waals surface area contributed by atoms with Gasteiger partial charge in [-0.15, -0.1) is 0 Å². The van der Waals surface area contributed by atoms with Crippen LogP contribution in [-0.2, 0) is 16.1 Å². The van der Waals surface area contributed by atoms with E-state index in [1.54, 1.807) is 0 Å². The summed E-state index contributed by atoms with van der Waals surface area (Å²) in [5.41, 5.74) is 7.16. The van der Waals surface area contributed by atoms with E-state index in [2.05, 4.69) is 0 Å². The van der Waals surface area contributed by atoms with Crippen LogP contribution in [0.15, 0.2) is 30.3 Å². The summed E-state index contributed by atoms with van der Waals surface area (Å²) in [4.78, 5) is 12.1. The van der Waals surface area contributed by atoms with Crippen molar-refractivity contribution in [2.45, 2.75) is 31.9 Å². The molecule has 2 fully saturated rings. The summed E-state index contributed by atoms with van der Waals surface area (Å²) in [6, 6.07) is 9.81. The maximum absolute atomic E-state index is 12.1. The molecule has 2 aliphatic carbocycles. The van der Waals surface area contributed by atoms with Crippen LogP contribution in [0.2, 0.25) is 0 Å². The molecule has 3 heteroatoms. The quantitative estimate of drug-likeness (QED) is 0.830. The lowest BCUT2D eigenvalue weighted by molar-refractivity contribution is -0.152. The lowest BCUT2D eigenvalue weighted by Crippen LogP contribution is -2.40. The highest BCUT2D eigenvalue weighted by Gasteiger charge is 2.49. The Hall–Kier alpha value is -1.35. The molecule has 2 bridgehead atoms. The average molecular weight is 245 g/mol. The third-order valence-corrected chi connectivity index (χ3v) is 4.48. The van der Waals surface area contributed by atoms with Crippen LogP contribution in [-0.4, -0.2) is 12.0 Å². The SMILES string of the molecule is N[C@H]1[C@H]2CC[C@H](C2)[C@H]1C(=O)OCc1ccccc1. The van der Waals surface area contributed by atoms with Crippen molar-refractivity contribution < 1.29 is 9.53 Å². The number of carbonyl (C=O) groups is 1. The molecule has 0 radical (unpaired) electrons. The largest absolute Gasteiger partial charge is 0.461 e. The van der Waals surface area contributed by atoms with Crippen molar-refractivity contribution in [3.63, 3.8) is 0 Å². The fourth-order valence-corrected chi connectivity index (χ4v) is 3.51. The van der Waals surface area contributed by atoms with Crippen molar-refractivity contribution in [1.82, 2.24) is 0 Å². The van der Waals surface area contributed by atoms with Gasteiger partial charge in [-0.2, -0.15) is 0 Å². The number of hydrogen-bond donors (Lipinski definition) is 1. The summed E-state index contributed by atoms with van der Waals surface area (Å²) >= 11 is 0. The second-order valence-electron chi connectivity index (χ2n) is 5.53. The van der Waals surface area contributed by atoms with Gasteiger partial charge in [-0.1, -0.05) is 30.3 Å². The number of carbonyl (C=O) groups excluding carboxylic acids is 1. The molecular formula is C15H19NO2. The molecule has 96 valence electrons. The van der Waals surface area contributed by atoms with Gasteiger partial charge >= 0.3 is 5.97 Å². The van der Waals surface area contributed by atoms with Crippen LogP contribution in [0.1, 0.15) is 24.8 Å². The number of hydrogen-bond acceptors (Lipinski definition) is 3. The van der Waals surface area contributed by atoms with Crippen LogP contribution < -0.4 is 5.73 Å². The van der Waals surface area contributed by atoms with Gasteiger partial charge in [-0.3, -0.25) is 4.79 Å². The number of esters is 1. The molecule has 2 N–H and O–H groups in total. The molecule has 18 heavy (non-hydrogen) atoms. The van der Waals surface area contributed by atoms with Gasteiger partial charge in [0.25, 0.3) is 0 Å². The second kappa shape index (κ2) is 4.73. The smallest absolute Gasteiger partial charge is 0.311 e. The molecule has 0 saturated heterocycles. The first-order valence-electron chi connectivity index (χ1n) is 6.72. The Morgan fingerprint density at radius 2 is 1.94 bits per heavy atom. The third-order valence-electron chi connectivity index (χ3n) is 4.48. The molecule has 0 aromatic heterocycles. The first-order valence-corrected chi connectivity index (χ1v) is 6.72. The highest BCUT2D eigenvalue weighted by molar-refractivity contribution is 5.74. The Balaban J connectivity index is 1.59. The van der Waals surface area contributed by atoms with Crippen molar-refractivity contribution in [1.29, 1.82) is 0 Å². The van der Waals surface area contributed by atoms with Crippen LogP contribution in [0.4, 0.5) is 0 Å².